The normalized spacial score (nSPS) is 10.9. The lowest BCUT2D eigenvalue weighted by Crippen LogP contribution is -2.05. The van der Waals surface area contributed by atoms with Crippen LogP contribution in [0.25, 0.3) is 0 Å². The van der Waals surface area contributed by atoms with Gasteiger partial charge in [0.1, 0.15) is 3.70 Å². The van der Waals surface area contributed by atoms with Crippen molar-refractivity contribution in [2.45, 2.75) is 19.9 Å². The molecule has 4 nitrogen and oxygen atoms in total. The predicted octanol–water partition coefficient (Wildman–Crippen LogP) is 1.77. The zero-order valence-electron chi connectivity index (χ0n) is 8.81. The largest absolute Gasteiger partial charge is 0.273 e. The van der Waals surface area contributed by atoms with Gasteiger partial charge in [-0.2, -0.15) is 10.2 Å². The first-order chi connectivity index (χ1) is 7.16. The molecule has 0 aliphatic heterocycles. The number of hydrogen-bond acceptors (Lipinski definition) is 2. The van der Waals surface area contributed by atoms with E-state index in [1.54, 1.807) is 0 Å². The minimum atomic E-state index is 0.906. The van der Waals surface area contributed by atoms with Crippen molar-refractivity contribution >= 4 is 22.6 Å². The minimum absolute atomic E-state index is 0.906. The van der Waals surface area contributed by atoms with Crippen LogP contribution in [-0.2, 0) is 20.0 Å². The molecular formula is C10H13IN4. The summed E-state index contributed by atoms with van der Waals surface area (Å²) in [7, 11) is 1.97. The van der Waals surface area contributed by atoms with E-state index in [0.29, 0.717) is 0 Å². The molecule has 0 aliphatic carbocycles. The minimum Gasteiger partial charge on any atom is -0.273 e. The smallest absolute Gasteiger partial charge is 0.126 e. The monoisotopic (exact) mass is 316 g/mol. The Morgan fingerprint density at radius 3 is 2.80 bits per heavy atom. The van der Waals surface area contributed by atoms with Crippen molar-refractivity contribution in [1.82, 2.24) is 19.6 Å². The van der Waals surface area contributed by atoms with Crippen LogP contribution in [0.3, 0.4) is 0 Å². The molecule has 0 unspecified atom stereocenters. The second-order valence-corrected chi connectivity index (χ2v) is 4.58. The quantitative estimate of drug-likeness (QED) is 0.809. The molecule has 0 fully saturated rings. The molecule has 0 saturated carbocycles. The summed E-state index contributed by atoms with van der Waals surface area (Å²) < 4.78 is 4.98. The SMILES string of the molecule is Cc1cn(CCc2ccnn2C)nc1I. The van der Waals surface area contributed by atoms with Crippen molar-refractivity contribution in [3.05, 3.63) is 33.4 Å². The van der Waals surface area contributed by atoms with Crippen LogP contribution in [0.4, 0.5) is 0 Å². The van der Waals surface area contributed by atoms with Crippen molar-refractivity contribution in [3.63, 3.8) is 0 Å². The highest BCUT2D eigenvalue weighted by Crippen LogP contribution is 2.08. The van der Waals surface area contributed by atoms with Gasteiger partial charge >= 0.3 is 0 Å². The molecule has 2 heterocycles. The van der Waals surface area contributed by atoms with Gasteiger partial charge < -0.3 is 0 Å². The molecule has 0 bridgehead atoms. The fraction of sp³-hybridized carbons (Fsp3) is 0.400. The van der Waals surface area contributed by atoms with Crippen LogP contribution in [0.2, 0.25) is 0 Å². The van der Waals surface area contributed by atoms with Crippen LogP contribution in [0.1, 0.15) is 11.3 Å². The fourth-order valence-electron chi connectivity index (χ4n) is 1.49. The third-order valence-corrected chi connectivity index (χ3v) is 3.47. The molecule has 0 N–H and O–H groups in total. The van der Waals surface area contributed by atoms with Gasteiger partial charge in [0.2, 0.25) is 0 Å². The number of rotatable bonds is 3. The maximum atomic E-state index is 4.41. The standard InChI is InChI=1S/C10H13IN4/c1-8-7-15(13-10(8)11)6-4-9-3-5-12-14(9)2/h3,5,7H,4,6H2,1-2H3. The molecule has 0 radical (unpaired) electrons. The Balaban J connectivity index is 2.02. The fourth-order valence-corrected chi connectivity index (χ4v) is 1.90. The van der Waals surface area contributed by atoms with Gasteiger partial charge in [0.25, 0.3) is 0 Å². The predicted molar refractivity (Wildman–Crippen MR) is 66.6 cm³/mol. The van der Waals surface area contributed by atoms with Gasteiger partial charge in [-0.1, -0.05) is 0 Å². The molecule has 2 aromatic heterocycles. The maximum Gasteiger partial charge on any atom is 0.126 e. The van der Waals surface area contributed by atoms with Crippen LogP contribution in [0, 0.1) is 10.6 Å². The van der Waals surface area contributed by atoms with Crippen molar-refractivity contribution in [1.29, 1.82) is 0 Å². The first-order valence-corrected chi connectivity index (χ1v) is 5.91. The Bertz CT molecular complexity index is 438. The molecule has 0 spiro atoms. The molecule has 80 valence electrons. The molecule has 0 atom stereocenters. The van der Waals surface area contributed by atoms with Gasteiger partial charge in [-0.15, -0.1) is 0 Å². The van der Waals surface area contributed by atoms with E-state index in [-0.39, 0.29) is 0 Å². The molecule has 0 aliphatic rings. The van der Waals surface area contributed by atoms with Crippen LogP contribution in [0.15, 0.2) is 18.5 Å². The van der Waals surface area contributed by atoms with Gasteiger partial charge in [-0.25, -0.2) is 0 Å². The number of hydrogen-bond donors (Lipinski definition) is 0. The Morgan fingerprint density at radius 2 is 2.27 bits per heavy atom. The van der Waals surface area contributed by atoms with Crippen LogP contribution < -0.4 is 0 Å². The van der Waals surface area contributed by atoms with E-state index < -0.39 is 0 Å². The number of aryl methyl sites for hydroxylation is 4. The first-order valence-electron chi connectivity index (χ1n) is 4.83. The third kappa shape index (κ3) is 2.39. The van der Waals surface area contributed by atoms with Crippen LogP contribution in [0.5, 0.6) is 0 Å². The van der Waals surface area contributed by atoms with E-state index in [2.05, 4.69) is 45.9 Å². The topological polar surface area (TPSA) is 35.6 Å². The molecular weight excluding hydrogens is 303 g/mol. The first kappa shape index (κ1) is 10.7. The highest BCUT2D eigenvalue weighted by molar-refractivity contribution is 14.1. The average molecular weight is 316 g/mol. The summed E-state index contributed by atoms with van der Waals surface area (Å²) in [4.78, 5) is 0. The van der Waals surface area contributed by atoms with Crippen molar-refractivity contribution in [2.24, 2.45) is 7.05 Å². The van der Waals surface area contributed by atoms with Crippen LogP contribution in [-0.4, -0.2) is 19.6 Å². The van der Waals surface area contributed by atoms with E-state index in [1.807, 2.05) is 28.7 Å². The van der Waals surface area contributed by atoms with Gasteiger partial charge in [0, 0.05) is 43.7 Å². The molecule has 0 saturated heterocycles. The highest BCUT2D eigenvalue weighted by Gasteiger charge is 2.03. The van der Waals surface area contributed by atoms with E-state index in [4.69, 9.17) is 0 Å². The summed E-state index contributed by atoms with van der Waals surface area (Å²) in [6.07, 6.45) is 4.87. The Hall–Kier alpha value is -0.850. The van der Waals surface area contributed by atoms with E-state index in [9.17, 15) is 0 Å². The summed E-state index contributed by atoms with van der Waals surface area (Å²) >= 11 is 2.26. The molecule has 2 rings (SSSR count). The van der Waals surface area contributed by atoms with Crippen molar-refractivity contribution in [3.8, 4) is 0 Å². The van der Waals surface area contributed by atoms with Crippen molar-refractivity contribution in [2.75, 3.05) is 0 Å². The number of aromatic nitrogens is 4. The van der Waals surface area contributed by atoms with Crippen LogP contribution >= 0.6 is 22.6 Å². The average Bonchev–Trinajstić information content (AvgIpc) is 2.72. The van der Waals surface area contributed by atoms with E-state index >= 15 is 0 Å². The molecule has 0 aromatic carbocycles. The van der Waals surface area contributed by atoms with Gasteiger partial charge in [0.05, 0.1) is 0 Å². The van der Waals surface area contributed by atoms with E-state index in [0.717, 1.165) is 16.7 Å². The molecule has 15 heavy (non-hydrogen) atoms. The Kier molecular flexibility index (Phi) is 3.08. The summed E-state index contributed by atoms with van der Waals surface area (Å²) in [5.41, 5.74) is 2.47. The molecule has 5 heteroatoms. The summed E-state index contributed by atoms with van der Waals surface area (Å²) in [6.45, 7) is 2.98. The van der Waals surface area contributed by atoms with Gasteiger partial charge in [-0.05, 0) is 35.6 Å². The summed E-state index contributed by atoms with van der Waals surface area (Å²) in [5, 5.41) is 8.55. The second-order valence-electron chi connectivity index (χ2n) is 3.56. The van der Waals surface area contributed by atoms with E-state index in [1.165, 1.54) is 11.3 Å². The zero-order valence-corrected chi connectivity index (χ0v) is 11.0. The second kappa shape index (κ2) is 4.34. The lowest BCUT2D eigenvalue weighted by atomic mass is 10.3. The van der Waals surface area contributed by atoms with Gasteiger partial charge in [-0.3, -0.25) is 9.36 Å². The Labute approximate surface area is 102 Å². The Morgan fingerprint density at radius 1 is 1.47 bits per heavy atom. The molecule has 0 amide bonds. The highest BCUT2D eigenvalue weighted by atomic mass is 127. The lowest BCUT2D eigenvalue weighted by molar-refractivity contribution is 0.583. The number of halogens is 1. The maximum absolute atomic E-state index is 4.41. The molecule has 2 aromatic rings. The van der Waals surface area contributed by atoms with Gasteiger partial charge in [0.15, 0.2) is 0 Å². The zero-order chi connectivity index (χ0) is 10.8. The summed E-state index contributed by atoms with van der Waals surface area (Å²) in [5.74, 6) is 0. The lowest BCUT2D eigenvalue weighted by Gasteiger charge is -2.01. The third-order valence-electron chi connectivity index (χ3n) is 2.40. The van der Waals surface area contributed by atoms with Crippen molar-refractivity contribution < 1.29 is 0 Å². The summed E-state index contributed by atoms with van der Waals surface area (Å²) in [6, 6.07) is 2.04. The number of nitrogens with zero attached hydrogens (tertiary/aromatic N) is 4.